The summed E-state index contributed by atoms with van der Waals surface area (Å²) in [6.45, 7) is 1.37. The molecular weight excluding hydrogens is 470 g/mol. The van der Waals surface area contributed by atoms with Gasteiger partial charge in [0.25, 0.3) is 0 Å². The standard InChI is InChI=1S/C23H31N7O6/c1-13(20(32)30-18(23(35)36)9-14-5-3-2-4-6-14)28-22(34)17(7-8-19(25)31)29-21(33)16(24)10-15-11-26-12-27-15/h2-6,11-13,16-18H,7-10,24H2,1H3,(H2,25,31)(H,26,27)(H,28,34)(H,29,33)(H,30,32)(H,35,36). The summed E-state index contributed by atoms with van der Waals surface area (Å²) in [4.78, 5) is 67.5. The van der Waals surface area contributed by atoms with Gasteiger partial charge in [0.05, 0.1) is 12.4 Å². The summed E-state index contributed by atoms with van der Waals surface area (Å²) in [7, 11) is 0. The van der Waals surface area contributed by atoms with Crippen molar-refractivity contribution in [2.24, 2.45) is 11.5 Å². The van der Waals surface area contributed by atoms with Gasteiger partial charge in [-0.1, -0.05) is 30.3 Å². The highest BCUT2D eigenvalue weighted by molar-refractivity contribution is 5.94. The lowest BCUT2D eigenvalue weighted by Crippen LogP contribution is -2.56. The topological polar surface area (TPSA) is 222 Å². The number of benzene rings is 1. The summed E-state index contributed by atoms with van der Waals surface area (Å²) in [6.07, 6.45) is 2.80. The van der Waals surface area contributed by atoms with E-state index in [1.807, 2.05) is 0 Å². The molecule has 9 N–H and O–H groups in total. The van der Waals surface area contributed by atoms with Crippen LogP contribution in [-0.2, 0) is 36.8 Å². The second-order valence-electron chi connectivity index (χ2n) is 8.27. The maximum absolute atomic E-state index is 12.8. The Hall–Kier alpha value is -4.26. The van der Waals surface area contributed by atoms with Gasteiger partial charge in [-0.25, -0.2) is 9.78 Å². The third kappa shape index (κ3) is 9.18. The highest BCUT2D eigenvalue weighted by atomic mass is 16.4. The average molecular weight is 502 g/mol. The quantitative estimate of drug-likeness (QED) is 0.158. The van der Waals surface area contributed by atoms with Gasteiger partial charge in [-0.05, 0) is 18.9 Å². The highest BCUT2D eigenvalue weighted by Gasteiger charge is 2.28. The Morgan fingerprint density at radius 1 is 0.972 bits per heavy atom. The van der Waals surface area contributed by atoms with Crippen LogP contribution in [0.15, 0.2) is 42.9 Å². The van der Waals surface area contributed by atoms with Crippen molar-refractivity contribution >= 4 is 29.6 Å². The first-order valence-electron chi connectivity index (χ1n) is 11.3. The minimum atomic E-state index is -1.23. The number of carboxylic acids is 1. The zero-order chi connectivity index (χ0) is 26.7. The Morgan fingerprint density at radius 3 is 2.22 bits per heavy atom. The summed E-state index contributed by atoms with van der Waals surface area (Å²) in [5, 5.41) is 16.8. The van der Waals surface area contributed by atoms with Crippen LogP contribution in [0.5, 0.6) is 0 Å². The summed E-state index contributed by atoms with van der Waals surface area (Å²) >= 11 is 0. The fourth-order valence-electron chi connectivity index (χ4n) is 3.29. The number of aromatic amines is 1. The van der Waals surface area contributed by atoms with Crippen molar-refractivity contribution in [1.29, 1.82) is 0 Å². The van der Waals surface area contributed by atoms with Crippen molar-refractivity contribution in [2.45, 2.75) is 56.8 Å². The van der Waals surface area contributed by atoms with Gasteiger partial charge >= 0.3 is 5.97 Å². The Kier molecular flexibility index (Phi) is 10.6. The Morgan fingerprint density at radius 2 is 1.64 bits per heavy atom. The first-order chi connectivity index (χ1) is 17.1. The fourth-order valence-corrected chi connectivity index (χ4v) is 3.29. The number of amides is 4. The average Bonchev–Trinajstić information content (AvgIpc) is 3.34. The monoisotopic (exact) mass is 501 g/mol. The van der Waals surface area contributed by atoms with Crippen molar-refractivity contribution < 1.29 is 29.1 Å². The van der Waals surface area contributed by atoms with E-state index >= 15 is 0 Å². The molecule has 4 atom stereocenters. The van der Waals surface area contributed by atoms with Gasteiger partial charge in [-0.15, -0.1) is 0 Å². The lowest BCUT2D eigenvalue weighted by molar-refractivity contribution is -0.142. The number of aromatic nitrogens is 2. The fraction of sp³-hybridized carbons (Fsp3) is 0.391. The molecule has 13 heteroatoms. The van der Waals surface area contributed by atoms with Crippen LogP contribution >= 0.6 is 0 Å². The number of rotatable bonds is 14. The van der Waals surface area contributed by atoms with Crippen LogP contribution in [0, 0.1) is 0 Å². The van der Waals surface area contributed by atoms with Gasteiger partial charge < -0.3 is 37.5 Å². The van der Waals surface area contributed by atoms with Crippen LogP contribution < -0.4 is 27.4 Å². The molecule has 0 saturated carbocycles. The first kappa shape index (κ1) is 28.0. The predicted octanol–water partition coefficient (Wildman–Crippen LogP) is -1.65. The van der Waals surface area contributed by atoms with E-state index in [1.165, 1.54) is 19.4 Å². The number of carbonyl (C=O) groups excluding carboxylic acids is 4. The number of H-pyrrole nitrogens is 1. The molecule has 0 aliphatic rings. The van der Waals surface area contributed by atoms with E-state index in [0.29, 0.717) is 11.3 Å². The normalized spacial score (nSPS) is 14.1. The van der Waals surface area contributed by atoms with Crippen LogP contribution in [0.2, 0.25) is 0 Å². The first-order valence-corrected chi connectivity index (χ1v) is 11.3. The second kappa shape index (κ2) is 13.6. The number of carboxylic acid groups (broad SMARTS) is 1. The molecule has 2 rings (SSSR count). The maximum Gasteiger partial charge on any atom is 0.326 e. The molecular formula is C23H31N7O6. The van der Waals surface area contributed by atoms with E-state index in [2.05, 4.69) is 25.9 Å². The molecule has 36 heavy (non-hydrogen) atoms. The van der Waals surface area contributed by atoms with Gasteiger partial charge in [0.1, 0.15) is 18.1 Å². The van der Waals surface area contributed by atoms with Crippen LogP contribution in [-0.4, -0.2) is 68.8 Å². The number of hydrogen-bond acceptors (Lipinski definition) is 7. The molecule has 1 aromatic heterocycles. The number of carbonyl (C=O) groups is 5. The maximum atomic E-state index is 12.8. The number of nitrogens with one attached hydrogen (secondary N) is 4. The van der Waals surface area contributed by atoms with Crippen LogP contribution in [0.1, 0.15) is 31.0 Å². The highest BCUT2D eigenvalue weighted by Crippen LogP contribution is 2.05. The van der Waals surface area contributed by atoms with E-state index < -0.39 is 53.8 Å². The SMILES string of the molecule is CC(NC(=O)C(CCC(N)=O)NC(=O)C(N)Cc1cnc[nH]1)C(=O)NC(Cc1ccccc1)C(=O)O. The molecule has 1 aromatic carbocycles. The molecule has 2 aromatic rings. The third-order valence-electron chi connectivity index (χ3n) is 5.29. The van der Waals surface area contributed by atoms with Gasteiger partial charge in [0, 0.05) is 31.2 Å². The summed E-state index contributed by atoms with van der Waals surface area (Å²) < 4.78 is 0. The van der Waals surface area contributed by atoms with Crippen molar-refractivity contribution in [1.82, 2.24) is 25.9 Å². The minimum Gasteiger partial charge on any atom is -0.480 e. The predicted molar refractivity (Wildman–Crippen MR) is 128 cm³/mol. The number of imidazole rings is 1. The van der Waals surface area contributed by atoms with Crippen molar-refractivity contribution in [3.8, 4) is 0 Å². The number of nitrogens with two attached hydrogens (primary N) is 2. The van der Waals surface area contributed by atoms with Gasteiger partial charge in [-0.2, -0.15) is 0 Å². The molecule has 194 valence electrons. The van der Waals surface area contributed by atoms with Gasteiger partial charge in [0.15, 0.2) is 0 Å². The van der Waals surface area contributed by atoms with Gasteiger partial charge in [0.2, 0.25) is 23.6 Å². The molecule has 0 saturated heterocycles. The van der Waals surface area contributed by atoms with E-state index in [1.54, 1.807) is 30.3 Å². The molecule has 0 aliphatic carbocycles. The summed E-state index contributed by atoms with van der Waals surface area (Å²) in [5.41, 5.74) is 12.4. The summed E-state index contributed by atoms with van der Waals surface area (Å²) in [6, 6.07) is 4.18. The lowest BCUT2D eigenvalue weighted by atomic mass is 10.1. The molecule has 1 heterocycles. The summed E-state index contributed by atoms with van der Waals surface area (Å²) in [5.74, 6) is -4.05. The number of aliphatic carboxylic acids is 1. The van der Waals surface area contributed by atoms with Gasteiger partial charge in [-0.3, -0.25) is 19.2 Å². The zero-order valence-corrected chi connectivity index (χ0v) is 19.8. The Bertz CT molecular complexity index is 1040. The molecule has 0 fully saturated rings. The van der Waals surface area contributed by atoms with Crippen molar-refractivity contribution in [3.63, 3.8) is 0 Å². The van der Waals surface area contributed by atoms with Crippen molar-refractivity contribution in [3.05, 3.63) is 54.1 Å². The van der Waals surface area contributed by atoms with Crippen LogP contribution in [0.3, 0.4) is 0 Å². The van der Waals surface area contributed by atoms with E-state index in [4.69, 9.17) is 11.5 Å². The largest absolute Gasteiger partial charge is 0.480 e. The van der Waals surface area contributed by atoms with E-state index in [9.17, 15) is 29.1 Å². The Balaban J connectivity index is 1.99. The molecule has 4 amide bonds. The molecule has 0 spiro atoms. The number of primary amides is 1. The number of hydrogen-bond donors (Lipinski definition) is 7. The minimum absolute atomic E-state index is 0.0497. The van der Waals surface area contributed by atoms with Crippen LogP contribution in [0.25, 0.3) is 0 Å². The van der Waals surface area contributed by atoms with Crippen LogP contribution in [0.4, 0.5) is 0 Å². The Labute approximate surface area is 207 Å². The second-order valence-corrected chi connectivity index (χ2v) is 8.27. The van der Waals surface area contributed by atoms with Crippen molar-refractivity contribution in [2.75, 3.05) is 0 Å². The number of nitrogens with zero attached hydrogens (tertiary/aromatic N) is 1. The smallest absolute Gasteiger partial charge is 0.326 e. The lowest BCUT2D eigenvalue weighted by Gasteiger charge is -2.23. The molecule has 0 bridgehead atoms. The molecule has 4 unspecified atom stereocenters. The third-order valence-corrected chi connectivity index (χ3v) is 5.29. The van der Waals surface area contributed by atoms with E-state index in [-0.39, 0.29) is 25.7 Å². The zero-order valence-electron chi connectivity index (χ0n) is 19.8. The molecule has 0 aliphatic heterocycles. The molecule has 0 radical (unpaired) electrons. The molecule has 13 nitrogen and oxygen atoms in total. The van der Waals surface area contributed by atoms with E-state index in [0.717, 1.165) is 0 Å².